The van der Waals surface area contributed by atoms with Gasteiger partial charge in [-0.05, 0) is 38.1 Å². The fourth-order valence-electron chi connectivity index (χ4n) is 2.51. The molecule has 0 aliphatic heterocycles. The van der Waals surface area contributed by atoms with Gasteiger partial charge in [-0.25, -0.2) is 9.48 Å². The predicted octanol–water partition coefficient (Wildman–Crippen LogP) is 2.94. The summed E-state index contributed by atoms with van der Waals surface area (Å²) in [4.78, 5) is 27.7. The number of phenols is 1. The van der Waals surface area contributed by atoms with E-state index in [4.69, 9.17) is 5.11 Å². The molecule has 26 heavy (non-hydrogen) atoms. The van der Waals surface area contributed by atoms with Crippen molar-refractivity contribution in [1.29, 1.82) is 0 Å². The molecule has 0 amide bonds. The van der Waals surface area contributed by atoms with E-state index in [-0.39, 0.29) is 16.9 Å². The van der Waals surface area contributed by atoms with Gasteiger partial charge in [0, 0.05) is 18.0 Å². The lowest BCUT2D eigenvalue weighted by atomic mass is 10.2. The van der Waals surface area contributed by atoms with Crippen LogP contribution in [0.1, 0.15) is 27.2 Å². The SMILES string of the molecule is Cc1ccc(-n2[nH]c(C)c(C=Nc3ccc(C(=O)O)c(O)c3)c2=O)cc1. The fraction of sp³-hybridized carbons (Fsp3) is 0.105. The zero-order chi connectivity index (χ0) is 18.8. The van der Waals surface area contributed by atoms with E-state index in [2.05, 4.69) is 10.1 Å². The first-order chi connectivity index (χ1) is 12.4. The third kappa shape index (κ3) is 3.27. The normalized spacial score (nSPS) is 11.2. The number of nitrogens with one attached hydrogen (secondary N) is 1. The van der Waals surface area contributed by atoms with E-state index in [9.17, 15) is 14.7 Å². The highest BCUT2D eigenvalue weighted by Gasteiger charge is 2.12. The first-order valence-corrected chi connectivity index (χ1v) is 7.86. The number of aryl methyl sites for hydroxylation is 2. The second-order valence-corrected chi connectivity index (χ2v) is 5.89. The van der Waals surface area contributed by atoms with Gasteiger partial charge in [0.15, 0.2) is 0 Å². The second kappa shape index (κ2) is 6.72. The summed E-state index contributed by atoms with van der Waals surface area (Å²) in [6.45, 7) is 3.73. The number of rotatable bonds is 4. The molecular formula is C19H17N3O4. The van der Waals surface area contributed by atoms with Crippen molar-refractivity contribution in [1.82, 2.24) is 9.78 Å². The maximum absolute atomic E-state index is 12.6. The van der Waals surface area contributed by atoms with Gasteiger partial charge >= 0.3 is 5.97 Å². The van der Waals surface area contributed by atoms with Crippen molar-refractivity contribution in [3.8, 4) is 11.4 Å². The van der Waals surface area contributed by atoms with Crippen LogP contribution in [0, 0.1) is 13.8 Å². The first-order valence-electron chi connectivity index (χ1n) is 7.86. The molecule has 7 nitrogen and oxygen atoms in total. The first kappa shape index (κ1) is 17.2. The van der Waals surface area contributed by atoms with Crippen LogP contribution in [-0.2, 0) is 0 Å². The molecule has 0 bridgehead atoms. The van der Waals surface area contributed by atoms with Crippen LogP contribution < -0.4 is 5.56 Å². The van der Waals surface area contributed by atoms with E-state index < -0.39 is 5.97 Å². The quantitative estimate of drug-likeness (QED) is 0.628. The smallest absolute Gasteiger partial charge is 0.339 e. The standard InChI is InChI=1S/C19H17N3O4/c1-11-3-6-14(7-4-11)22-18(24)16(12(2)21-22)10-20-13-5-8-15(19(25)26)17(23)9-13/h3-10,21,23H,1-2H3,(H,25,26). The summed E-state index contributed by atoms with van der Waals surface area (Å²) in [6, 6.07) is 11.5. The van der Waals surface area contributed by atoms with Gasteiger partial charge in [-0.1, -0.05) is 17.7 Å². The van der Waals surface area contributed by atoms with Crippen LogP contribution in [0.2, 0.25) is 0 Å². The van der Waals surface area contributed by atoms with Crippen molar-refractivity contribution in [2.75, 3.05) is 0 Å². The lowest BCUT2D eigenvalue weighted by Gasteiger charge is -2.01. The van der Waals surface area contributed by atoms with Crippen LogP contribution in [0.15, 0.2) is 52.3 Å². The van der Waals surface area contributed by atoms with Crippen LogP contribution in [0.25, 0.3) is 5.69 Å². The summed E-state index contributed by atoms with van der Waals surface area (Å²) in [5, 5.41) is 21.6. The predicted molar refractivity (Wildman–Crippen MR) is 98.2 cm³/mol. The van der Waals surface area contributed by atoms with E-state index in [1.54, 1.807) is 6.92 Å². The van der Waals surface area contributed by atoms with Crippen molar-refractivity contribution in [3.63, 3.8) is 0 Å². The van der Waals surface area contributed by atoms with Crippen LogP contribution in [0.5, 0.6) is 5.75 Å². The molecule has 1 heterocycles. The molecule has 0 aliphatic carbocycles. The van der Waals surface area contributed by atoms with Crippen molar-refractivity contribution in [3.05, 3.63) is 75.2 Å². The zero-order valence-corrected chi connectivity index (χ0v) is 14.2. The van der Waals surface area contributed by atoms with E-state index in [0.717, 1.165) is 5.56 Å². The summed E-state index contributed by atoms with van der Waals surface area (Å²) in [5.41, 5.74) is 2.72. The maximum Gasteiger partial charge on any atom is 0.339 e. The van der Waals surface area contributed by atoms with E-state index in [1.165, 1.54) is 29.1 Å². The number of aliphatic imine (C=N–C) groups is 1. The van der Waals surface area contributed by atoms with Gasteiger partial charge in [-0.15, -0.1) is 0 Å². The van der Waals surface area contributed by atoms with E-state index in [1.807, 2.05) is 31.2 Å². The minimum Gasteiger partial charge on any atom is -0.507 e. The van der Waals surface area contributed by atoms with Gasteiger partial charge in [0.25, 0.3) is 5.56 Å². The number of nitrogens with zero attached hydrogens (tertiary/aromatic N) is 2. The maximum atomic E-state index is 12.6. The summed E-state index contributed by atoms with van der Waals surface area (Å²) in [7, 11) is 0. The van der Waals surface area contributed by atoms with Crippen LogP contribution in [-0.4, -0.2) is 32.2 Å². The lowest BCUT2D eigenvalue weighted by molar-refractivity contribution is 0.0694. The Morgan fingerprint density at radius 1 is 1.15 bits per heavy atom. The minimum atomic E-state index is -1.22. The van der Waals surface area contributed by atoms with Gasteiger partial charge in [0.1, 0.15) is 11.3 Å². The Balaban J connectivity index is 1.94. The Kier molecular flexibility index (Phi) is 4.45. The van der Waals surface area contributed by atoms with Crippen LogP contribution in [0.4, 0.5) is 5.69 Å². The lowest BCUT2D eigenvalue weighted by Crippen LogP contribution is -2.17. The third-order valence-electron chi connectivity index (χ3n) is 3.96. The molecule has 3 aromatic rings. The molecule has 2 aromatic carbocycles. The number of aromatic hydroxyl groups is 1. The number of aromatic nitrogens is 2. The molecule has 0 aliphatic rings. The second-order valence-electron chi connectivity index (χ2n) is 5.89. The number of carbonyl (C=O) groups is 1. The summed E-state index contributed by atoms with van der Waals surface area (Å²) in [5.74, 6) is -1.60. The Hall–Kier alpha value is -3.61. The fourth-order valence-corrected chi connectivity index (χ4v) is 2.51. The van der Waals surface area contributed by atoms with Gasteiger partial charge < -0.3 is 10.2 Å². The molecule has 0 fully saturated rings. The van der Waals surface area contributed by atoms with E-state index in [0.29, 0.717) is 22.6 Å². The molecule has 0 radical (unpaired) electrons. The van der Waals surface area contributed by atoms with Crippen molar-refractivity contribution >= 4 is 17.9 Å². The molecule has 1 aromatic heterocycles. The number of benzene rings is 2. The summed E-state index contributed by atoms with van der Waals surface area (Å²) < 4.78 is 1.43. The highest BCUT2D eigenvalue weighted by molar-refractivity contribution is 5.91. The van der Waals surface area contributed by atoms with Crippen molar-refractivity contribution in [2.24, 2.45) is 4.99 Å². The molecule has 0 saturated carbocycles. The number of carboxylic acid groups (broad SMARTS) is 1. The zero-order valence-electron chi connectivity index (χ0n) is 14.2. The van der Waals surface area contributed by atoms with Crippen molar-refractivity contribution in [2.45, 2.75) is 13.8 Å². The average Bonchev–Trinajstić information content (AvgIpc) is 2.88. The molecule has 0 saturated heterocycles. The highest BCUT2D eigenvalue weighted by Crippen LogP contribution is 2.23. The average molecular weight is 351 g/mol. The van der Waals surface area contributed by atoms with E-state index >= 15 is 0 Å². The molecule has 7 heteroatoms. The topological polar surface area (TPSA) is 108 Å². The number of carboxylic acids is 1. The number of H-pyrrole nitrogens is 1. The van der Waals surface area contributed by atoms with Gasteiger partial charge in [-0.2, -0.15) is 0 Å². The summed E-state index contributed by atoms with van der Waals surface area (Å²) >= 11 is 0. The van der Waals surface area contributed by atoms with Gasteiger partial charge in [0.2, 0.25) is 0 Å². The molecule has 132 valence electrons. The molecule has 3 N–H and O–H groups in total. The number of aromatic amines is 1. The summed E-state index contributed by atoms with van der Waals surface area (Å²) in [6.07, 6.45) is 1.40. The molecule has 0 atom stereocenters. The molecule has 0 unspecified atom stereocenters. The molecular weight excluding hydrogens is 334 g/mol. The Bertz CT molecular complexity index is 1060. The Labute approximate surface area is 148 Å². The largest absolute Gasteiger partial charge is 0.507 e. The monoisotopic (exact) mass is 351 g/mol. The Morgan fingerprint density at radius 3 is 2.46 bits per heavy atom. The van der Waals surface area contributed by atoms with Gasteiger partial charge in [0.05, 0.1) is 16.9 Å². The van der Waals surface area contributed by atoms with Crippen molar-refractivity contribution < 1.29 is 15.0 Å². The minimum absolute atomic E-state index is 0.205. The van der Waals surface area contributed by atoms with Crippen LogP contribution in [0.3, 0.4) is 0 Å². The number of hydrogen-bond acceptors (Lipinski definition) is 4. The highest BCUT2D eigenvalue weighted by atomic mass is 16.4. The van der Waals surface area contributed by atoms with Gasteiger partial charge in [-0.3, -0.25) is 14.9 Å². The molecule has 3 rings (SSSR count). The number of aromatic carboxylic acids is 1. The third-order valence-corrected chi connectivity index (χ3v) is 3.96. The van der Waals surface area contributed by atoms with Crippen LogP contribution >= 0.6 is 0 Å². The Morgan fingerprint density at radius 2 is 1.85 bits per heavy atom. The molecule has 0 spiro atoms. The number of hydrogen-bond donors (Lipinski definition) is 3.